The molecule has 9 heteroatoms. The molecule has 0 atom stereocenters. The Bertz CT molecular complexity index is 1230. The van der Waals surface area contributed by atoms with Crippen LogP contribution in [0.4, 0.5) is 11.5 Å². The summed E-state index contributed by atoms with van der Waals surface area (Å²) in [5, 5.41) is 0. The lowest BCUT2D eigenvalue weighted by molar-refractivity contribution is -0.120. The first-order valence-corrected chi connectivity index (χ1v) is 9.44. The van der Waals surface area contributed by atoms with E-state index in [1.807, 2.05) is 30.3 Å². The average molecular weight is 422 g/mol. The number of nitrogen functional groups attached to an aromatic ring is 1. The summed E-state index contributed by atoms with van der Waals surface area (Å²) in [6.45, 7) is 1.16. The van der Waals surface area contributed by atoms with Gasteiger partial charge < -0.3 is 15.4 Å². The third-order valence-electron chi connectivity index (χ3n) is 4.71. The topological polar surface area (TPSA) is 127 Å². The summed E-state index contributed by atoms with van der Waals surface area (Å²) in [7, 11) is 1.37. The second kappa shape index (κ2) is 9.12. The summed E-state index contributed by atoms with van der Waals surface area (Å²) in [5.74, 6) is -0.485. The van der Waals surface area contributed by atoms with Crippen molar-refractivity contribution in [2.75, 3.05) is 24.3 Å². The maximum Gasteiger partial charge on any atom is 0.330 e. The molecule has 0 bridgehead atoms. The Labute approximate surface area is 177 Å². The quantitative estimate of drug-likeness (QED) is 0.554. The molecule has 1 heterocycles. The molecule has 0 unspecified atom stereocenters. The minimum atomic E-state index is -0.777. The van der Waals surface area contributed by atoms with E-state index in [0.29, 0.717) is 11.3 Å². The fraction of sp³-hybridized carbons (Fsp3) is 0.182. The molecule has 0 aliphatic carbocycles. The number of likely N-dealkylation sites (N-methyl/N-ethyl adjacent to an activating group) is 1. The third-order valence-corrected chi connectivity index (χ3v) is 4.71. The number of nitrogens with two attached hydrogens (primary N) is 1. The summed E-state index contributed by atoms with van der Waals surface area (Å²) in [6.07, 6.45) is 0. The second-order valence-electron chi connectivity index (χ2n) is 6.89. The van der Waals surface area contributed by atoms with Crippen LogP contribution in [0.3, 0.4) is 0 Å². The number of anilines is 2. The summed E-state index contributed by atoms with van der Waals surface area (Å²) >= 11 is 0. The SMILES string of the molecule is CC(=O)c1cccc(OCC(=O)N(C)c2c(N)n(Cc3ccccc3)c(=O)[nH]c2=O)c1. The Balaban J connectivity index is 1.82. The molecule has 3 N–H and O–H groups in total. The van der Waals surface area contributed by atoms with Crippen LogP contribution < -0.4 is 26.6 Å². The molecule has 3 aromatic rings. The number of rotatable bonds is 7. The average Bonchev–Trinajstić information content (AvgIpc) is 2.75. The molecule has 3 rings (SSSR count). The van der Waals surface area contributed by atoms with Gasteiger partial charge in [-0.1, -0.05) is 42.5 Å². The normalized spacial score (nSPS) is 10.5. The van der Waals surface area contributed by atoms with Crippen molar-refractivity contribution in [3.05, 3.63) is 86.6 Å². The van der Waals surface area contributed by atoms with Crippen LogP contribution >= 0.6 is 0 Å². The number of carbonyl (C=O) groups excluding carboxylic acids is 2. The Morgan fingerprint density at radius 1 is 1.10 bits per heavy atom. The van der Waals surface area contributed by atoms with Crippen LogP contribution in [0.5, 0.6) is 5.75 Å². The molecule has 0 fully saturated rings. The number of hydrogen-bond acceptors (Lipinski definition) is 6. The molecule has 2 aromatic carbocycles. The maximum atomic E-state index is 12.6. The van der Waals surface area contributed by atoms with Gasteiger partial charge in [0.1, 0.15) is 11.6 Å². The number of aromatic nitrogens is 2. The summed E-state index contributed by atoms with van der Waals surface area (Å²) < 4.78 is 6.65. The van der Waals surface area contributed by atoms with Crippen molar-refractivity contribution in [2.45, 2.75) is 13.5 Å². The van der Waals surface area contributed by atoms with E-state index in [2.05, 4.69) is 4.98 Å². The summed E-state index contributed by atoms with van der Waals surface area (Å²) in [5.41, 5.74) is 5.76. The van der Waals surface area contributed by atoms with Crippen molar-refractivity contribution in [2.24, 2.45) is 0 Å². The largest absolute Gasteiger partial charge is 0.484 e. The number of H-pyrrole nitrogens is 1. The van der Waals surface area contributed by atoms with Gasteiger partial charge in [-0.05, 0) is 24.6 Å². The lowest BCUT2D eigenvalue weighted by atomic mass is 10.1. The van der Waals surface area contributed by atoms with Gasteiger partial charge in [-0.2, -0.15) is 0 Å². The molecule has 0 saturated carbocycles. The van der Waals surface area contributed by atoms with Crippen LogP contribution in [-0.2, 0) is 11.3 Å². The van der Waals surface area contributed by atoms with Crippen LogP contribution in [0.15, 0.2) is 64.2 Å². The molecule has 31 heavy (non-hydrogen) atoms. The van der Waals surface area contributed by atoms with Crippen molar-refractivity contribution >= 4 is 23.2 Å². The monoisotopic (exact) mass is 422 g/mol. The number of amides is 1. The number of ether oxygens (including phenoxy) is 1. The van der Waals surface area contributed by atoms with E-state index in [1.165, 1.54) is 24.6 Å². The molecule has 0 saturated heterocycles. The highest BCUT2D eigenvalue weighted by Gasteiger charge is 2.21. The highest BCUT2D eigenvalue weighted by molar-refractivity contribution is 5.96. The number of benzene rings is 2. The Kier molecular flexibility index (Phi) is 6.35. The molecule has 1 aromatic heterocycles. The van der Waals surface area contributed by atoms with E-state index in [1.54, 1.807) is 18.2 Å². The maximum absolute atomic E-state index is 12.6. The number of nitrogens with one attached hydrogen (secondary N) is 1. The summed E-state index contributed by atoms with van der Waals surface area (Å²) in [4.78, 5) is 52.0. The van der Waals surface area contributed by atoms with Gasteiger partial charge >= 0.3 is 5.69 Å². The van der Waals surface area contributed by atoms with E-state index in [9.17, 15) is 19.2 Å². The van der Waals surface area contributed by atoms with Gasteiger partial charge in [-0.15, -0.1) is 0 Å². The van der Waals surface area contributed by atoms with Crippen LogP contribution in [0.1, 0.15) is 22.8 Å². The number of Topliss-reactive ketones (excluding diaryl/α,β-unsaturated/α-hetero) is 1. The van der Waals surface area contributed by atoms with E-state index >= 15 is 0 Å². The summed E-state index contributed by atoms with van der Waals surface area (Å²) in [6, 6.07) is 15.5. The van der Waals surface area contributed by atoms with Gasteiger partial charge in [0.2, 0.25) is 0 Å². The number of aromatic amines is 1. The minimum Gasteiger partial charge on any atom is -0.484 e. The Morgan fingerprint density at radius 2 is 1.81 bits per heavy atom. The molecule has 0 aliphatic rings. The fourth-order valence-corrected chi connectivity index (χ4v) is 3.00. The van der Waals surface area contributed by atoms with Crippen molar-refractivity contribution in [1.29, 1.82) is 0 Å². The molecular formula is C22H22N4O5. The van der Waals surface area contributed by atoms with Gasteiger partial charge in [-0.25, -0.2) is 4.79 Å². The third kappa shape index (κ3) is 4.89. The van der Waals surface area contributed by atoms with Gasteiger partial charge in [0.05, 0.1) is 6.54 Å². The number of ketones is 1. The Hall–Kier alpha value is -4.14. The van der Waals surface area contributed by atoms with Gasteiger partial charge in [-0.3, -0.25) is 23.9 Å². The lowest BCUT2D eigenvalue weighted by Gasteiger charge is -2.20. The molecule has 1 amide bonds. The van der Waals surface area contributed by atoms with Gasteiger partial charge in [0, 0.05) is 12.6 Å². The van der Waals surface area contributed by atoms with Crippen molar-refractivity contribution in [3.8, 4) is 5.75 Å². The first-order valence-electron chi connectivity index (χ1n) is 9.44. The molecular weight excluding hydrogens is 400 g/mol. The zero-order chi connectivity index (χ0) is 22.5. The fourth-order valence-electron chi connectivity index (χ4n) is 3.00. The van der Waals surface area contributed by atoms with Crippen LogP contribution in [0.25, 0.3) is 0 Å². The van der Waals surface area contributed by atoms with Gasteiger partial charge in [0.25, 0.3) is 11.5 Å². The van der Waals surface area contributed by atoms with Gasteiger partial charge in [0.15, 0.2) is 18.1 Å². The smallest absolute Gasteiger partial charge is 0.330 e. The molecule has 9 nitrogen and oxygen atoms in total. The first-order chi connectivity index (χ1) is 14.8. The number of carbonyl (C=O) groups is 2. The van der Waals surface area contributed by atoms with E-state index in [0.717, 1.165) is 10.5 Å². The number of hydrogen-bond donors (Lipinski definition) is 2. The number of nitrogens with zero attached hydrogens (tertiary/aromatic N) is 2. The predicted octanol–water partition coefficient (Wildman–Crippen LogP) is 1.41. The van der Waals surface area contributed by atoms with Crippen LogP contribution in [0, 0.1) is 0 Å². The minimum absolute atomic E-state index is 0.131. The zero-order valence-corrected chi connectivity index (χ0v) is 17.1. The zero-order valence-electron chi connectivity index (χ0n) is 17.1. The predicted molar refractivity (Wildman–Crippen MR) is 117 cm³/mol. The van der Waals surface area contributed by atoms with Crippen molar-refractivity contribution in [3.63, 3.8) is 0 Å². The molecule has 0 aliphatic heterocycles. The first kappa shape index (κ1) is 21.6. The van der Waals surface area contributed by atoms with Crippen LogP contribution in [0.2, 0.25) is 0 Å². The Morgan fingerprint density at radius 3 is 2.48 bits per heavy atom. The highest BCUT2D eigenvalue weighted by atomic mass is 16.5. The molecule has 0 spiro atoms. The van der Waals surface area contributed by atoms with E-state index < -0.39 is 23.8 Å². The molecule has 0 radical (unpaired) electrons. The lowest BCUT2D eigenvalue weighted by Crippen LogP contribution is -2.41. The van der Waals surface area contributed by atoms with Crippen molar-refractivity contribution in [1.82, 2.24) is 9.55 Å². The second-order valence-corrected chi connectivity index (χ2v) is 6.89. The molecule has 160 valence electrons. The van der Waals surface area contributed by atoms with Crippen LogP contribution in [-0.4, -0.2) is 34.9 Å². The van der Waals surface area contributed by atoms with E-state index in [4.69, 9.17) is 10.5 Å². The van der Waals surface area contributed by atoms with Crippen molar-refractivity contribution < 1.29 is 14.3 Å². The van der Waals surface area contributed by atoms with E-state index in [-0.39, 0.29) is 23.8 Å². The highest BCUT2D eigenvalue weighted by Crippen LogP contribution is 2.18. The standard InChI is InChI=1S/C22H22N4O5/c1-14(27)16-9-6-10-17(11-16)31-13-18(28)25(2)19-20(23)26(22(30)24-21(19)29)12-15-7-4-3-5-8-15/h3-11H,12-13,23H2,1-2H3,(H,24,29,30).